The molecule has 11 heavy (non-hydrogen) atoms. The number of primary amides is 1. The van der Waals surface area contributed by atoms with Crippen molar-refractivity contribution in [3.8, 4) is 0 Å². The van der Waals surface area contributed by atoms with Crippen molar-refractivity contribution < 1.29 is 9.00 Å². The van der Waals surface area contributed by atoms with Gasteiger partial charge in [-0.25, -0.2) is 0 Å². The molecule has 1 amide bonds. The smallest absolute Gasteiger partial charge is 0.279 e. The molecule has 60 valence electrons. The molecule has 7 heteroatoms. The summed E-state index contributed by atoms with van der Waals surface area (Å²) in [5.74, 6) is -0.640. The minimum atomic E-state index is -1.19. The second kappa shape index (κ2) is 3.05. The minimum Gasteiger partial charge on any atom is -0.363 e. The second-order valence-electron chi connectivity index (χ2n) is 1.69. The lowest BCUT2D eigenvalue weighted by Crippen LogP contribution is -2.10. The number of carbonyl (C=O) groups is 1. The van der Waals surface area contributed by atoms with Crippen molar-refractivity contribution in [2.75, 3.05) is 6.26 Å². The molecular formula is C4H5N3O2S2. The topological polar surface area (TPSA) is 85.9 Å². The Morgan fingerprint density at radius 1 is 1.64 bits per heavy atom. The van der Waals surface area contributed by atoms with Crippen molar-refractivity contribution in [1.82, 2.24) is 10.2 Å². The fraction of sp³-hybridized carbons (Fsp3) is 0.250. The van der Waals surface area contributed by atoms with Crippen LogP contribution in [-0.4, -0.2) is 26.6 Å². The molecule has 5 nitrogen and oxygen atoms in total. The summed E-state index contributed by atoms with van der Waals surface area (Å²) in [7, 11) is -1.19. The van der Waals surface area contributed by atoms with Gasteiger partial charge in [-0.1, -0.05) is 11.3 Å². The fourth-order valence-corrected chi connectivity index (χ4v) is 1.72. The normalized spacial score (nSPS) is 12.8. The Kier molecular flexibility index (Phi) is 2.30. The zero-order chi connectivity index (χ0) is 8.43. The molecule has 0 bridgehead atoms. The van der Waals surface area contributed by atoms with Crippen molar-refractivity contribution in [2.45, 2.75) is 4.34 Å². The Balaban J connectivity index is 2.99. The van der Waals surface area contributed by atoms with E-state index < -0.39 is 16.7 Å². The fourth-order valence-electron chi connectivity index (χ4n) is 0.426. The summed E-state index contributed by atoms with van der Waals surface area (Å²) >= 11 is 0.952. The van der Waals surface area contributed by atoms with Crippen LogP contribution in [0.5, 0.6) is 0 Å². The maximum absolute atomic E-state index is 10.7. The number of hydrogen-bond donors (Lipinski definition) is 1. The number of carbonyl (C=O) groups excluding carboxylic acids is 1. The van der Waals surface area contributed by atoms with Gasteiger partial charge in [0.1, 0.15) is 0 Å². The van der Waals surface area contributed by atoms with Gasteiger partial charge >= 0.3 is 0 Å². The third-order valence-corrected chi connectivity index (χ3v) is 3.12. The summed E-state index contributed by atoms with van der Waals surface area (Å²) in [6, 6.07) is 0. The van der Waals surface area contributed by atoms with Crippen molar-refractivity contribution in [3.05, 3.63) is 5.01 Å². The summed E-state index contributed by atoms with van der Waals surface area (Å²) in [4.78, 5) is 10.5. The number of nitrogens with zero attached hydrogens (tertiary/aromatic N) is 2. The Morgan fingerprint density at radius 2 is 2.27 bits per heavy atom. The molecule has 1 aromatic rings. The summed E-state index contributed by atoms with van der Waals surface area (Å²) in [6.45, 7) is 0. The zero-order valence-electron chi connectivity index (χ0n) is 5.60. The highest BCUT2D eigenvalue weighted by molar-refractivity contribution is 7.86. The zero-order valence-corrected chi connectivity index (χ0v) is 7.24. The van der Waals surface area contributed by atoms with Gasteiger partial charge in [-0.3, -0.25) is 9.00 Å². The largest absolute Gasteiger partial charge is 0.363 e. The maximum Gasteiger partial charge on any atom is 0.279 e. The van der Waals surface area contributed by atoms with Gasteiger partial charge in [-0.15, -0.1) is 10.2 Å². The van der Waals surface area contributed by atoms with Crippen molar-refractivity contribution in [1.29, 1.82) is 0 Å². The third-order valence-electron chi connectivity index (χ3n) is 0.863. The van der Waals surface area contributed by atoms with E-state index in [1.807, 2.05) is 0 Å². The van der Waals surface area contributed by atoms with Crippen LogP contribution in [0.3, 0.4) is 0 Å². The average Bonchev–Trinajstić information content (AvgIpc) is 2.33. The van der Waals surface area contributed by atoms with Gasteiger partial charge in [0.05, 0.1) is 10.8 Å². The summed E-state index contributed by atoms with van der Waals surface area (Å²) in [5.41, 5.74) is 4.90. The lowest BCUT2D eigenvalue weighted by atomic mass is 10.7. The first-order valence-electron chi connectivity index (χ1n) is 2.58. The molecule has 1 rings (SSSR count). The van der Waals surface area contributed by atoms with E-state index in [0.717, 1.165) is 11.3 Å². The molecule has 0 aliphatic heterocycles. The van der Waals surface area contributed by atoms with Crippen molar-refractivity contribution in [3.63, 3.8) is 0 Å². The lowest BCUT2D eigenvalue weighted by molar-refractivity contribution is 0.0999. The van der Waals surface area contributed by atoms with Gasteiger partial charge in [0.2, 0.25) is 9.35 Å². The molecule has 1 heterocycles. The van der Waals surface area contributed by atoms with E-state index in [0.29, 0.717) is 4.34 Å². The molecule has 1 unspecified atom stereocenters. The van der Waals surface area contributed by atoms with Crippen LogP contribution in [0.2, 0.25) is 0 Å². The van der Waals surface area contributed by atoms with E-state index in [9.17, 15) is 9.00 Å². The molecule has 1 aromatic heterocycles. The molecule has 0 aromatic carbocycles. The Bertz CT molecular complexity index is 280. The summed E-state index contributed by atoms with van der Waals surface area (Å²) in [5, 5.41) is 7.04. The summed E-state index contributed by atoms with van der Waals surface area (Å²) in [6.07, 6.45) is 1.46. The van der Waals surface area contributed by atoms with Crippen LogP contribution in [0.25, 0.3) is 0 Å². The van der Waals surface area contributed by atoms with E-state index in [4.69, 9.17) is 5.73 Å². The first-order chi connectivity index (χ1) is 5.11. The van der Waals surface area contributed by atoms with E-state index in [2.05, 4.69) is 10.2 Å². The van der Waals surface area contributed by atoms with Gasteiger partial charge in [-0.05, 0) is 0 Å². The van der Waals surface area contributed by atoms with Crippen molar-refractivity contribution >= 4 is 28.0 Å². The molecule has 0 saturated heterocycles. The van der Waals surface area contributed by atoms with Crippen LogP contribution >= 0.6 is 11.3 Å². The molecule has 0 radical (unpaired) electrons. The monoisotopic (exact) mass is 191 g/mol. The molecule has 2 N–H and O–H groups in total. The standard InChI is InChI=1S/C4H5N3O2S2/c1-11(9)4-7-6-3(10-4)2(5)8/h1H3,(H2,5,8). The van der Waals surface area contributed by atoms with E-state index in [1.165, 1.54) is 6.26 Å². The first-order valence-corrected chi connectivity index (χ1v) is 4.95. The predicted octanol–water partition coefficient (Wildman–Crippen LogP) is -0.626. The van der Waals surface area contributed by atoms with Gasteiger partial charge in [0.25, 0.3) is 5.91 Å². The van der Waals surface area contributed by atoms with Gasteiger partial charge < -0.3 is 5.73 Å². The van der Waals surface area contributed by atoms with Gasteiger partial charge in [0.15, 0.2) is 0 Å². The van der Waals surface area contributed by atoms with Crippen LogP contribution in [-0.2, 0) is 10.8 Å². The highest BCUT2D eigenvalue weighted by atomic mass is 32.2. The highest BCUT2D eigenvalue weighted by Crippen LogP contribution is 2.11. The van der Waals surface area contributed by atoms with E-state index >= 15 is 0 Å². The van der Waals surface area contributed by atoms with Gasteiger partial charge in [0, 0.05) is 6.26 Å². The van der Waals surface area contributed by atoms with E-state index in [-0.39, 0.29) is 5.01 Å². The van der Waals surface area contributed by atoms with Crippen LogP contribution < -0.4 is 5.73 Å². The van der Waals surface area contributed by atoms with Gasteiger partial charge in [-0.2, -0.15) is 0 Å². The molecule has 0 aliphatic rings. The first kappa shape index (κ1) is 8.28. The second-order valence-corrected chi connectivity index (χ2v) is 4.22. The van der Waals surface area contributed by atoms with Crippen LogP contribution in [0, 0.1) is 0 Å². The molecule has 0 fully saturated rings. The Morgan fingerprint density at radius 3 is 2.55 bits per heavy atom. The van der Waals surface area contributed by atoms with Crippen LogP contribution in [0.1, 0.15) is 9.80 Å². The predicted molar refractivity (Wildman–Crippen MR) is 40.8 cm³/mol. The third kappa shape index (κ3) is 1.81. The van der Waals surface area contributed by atoms with E-state index in [1.54, 1.807) is 0 Å². The number of aromatic nitrogens is 2. The minimum absolute atomic E-state index is 0.0928. The highest BCUT2D eigenvalue weighted by Gasteiger charge is 2.10. The Labute approximate surface area is 69.1 Å². The average molecular weight is 191 g/mol. The number of nitrogens with two attached hydrogens (primary N) is 1. The Hall–Kier alpha value is -0.820. The molecular weight excluding hydrogens is 186 g/mol. The number of hydrogen-bond acceptors (Lipinski definition) is 5. The van der Waals surface area contributed by atoms with Crippen LogP contribution in [0.15, 0.2) is 4.34 Å². The molecule has 0 saturated carbocycles. The molecule has 0 aliphatic carbocycles. The molecule has 1 atom stereocenters. The number of rotatable bonds is 2. The maximum atomic E-state index is 10.7. The molecule has 0 spiro atoms. The summed E-state index contributed by atoms with van der Waals surface area (Å²) < 4.78 is 11.1. The van der Waals surface area contributed by atoms with Crippen molar-refractivity contribution in [2.24, 2.45) is 5.73 Å². The lowest BCUT2D eigenvalue weighted by Gasteiger charge is -1.80. The number of amides is 1. The SMILES string of the molecule is CS(=O)c1nnc(C(N)=O)s1. The van der Waals surface area contributed by atoms with Crippen LogP contribution in [0.4, 0.5) is 0 Å². The quantitative estimate of drug-likeness (QED) is 0.674.